The molecule has 0 aliphatic carbocycles. The lowest BCUT2D eigenvalue weighted by atomic mass is 10.3. The Morgan fingerprint density at radius 3 is 2.95 bits per heavy atom. The molecule has 0 amide bonds. The molecule has 2 aromatic rings. The number of nitrogens with one attached hydrogen (secondary N) is 1. The van der Waals surface area contributed by atoms with Gasteiger partial charge in [-0.25, -0.2) is 0 Å². The van der Waals surface area contributed by atoms with E-state index in [0.29, 0.717) is 23.9 Å². The minimum atomic E-state index is -0.604. The number of aliphatic hydroxyl groups excluding tert-OH is 1. The Balaban J connectivity index is 1.74. The molecule has 6 heteroatoms. The van der Waals surface area contributed by atoms with Crippen molar-refractivity contribution < 1.29 is 14.6 Å². The highest BCUT2D eigenvalue weighted by molar-refractivity contribution is 7.09. The molecule has 4 nitrogen and oxygen atoms in total. The normalized spacial score (nSPS) is 12.1. The lowest BCUT2D eigenvalue weighted by Gasteiger charge is -2.14. The number of rotatable bonds is 8. The maximum Gasteiger partial charge on any atom is 0.121 e. The predicted molar refractivity (Wildman–Crippen MR) is 86.5 cm³/mol. The van der Waals surface area contributed by atoms with Gasteiger partial charge in [0.25, 0.3) is 0 Å². The molecule has 1 unspecified atom stereocenters. The van der Waals surface area contributed by atoms with Crippen LogP contribution in [0.4, 0.5) is 5.69 Å². The molecular formula is C15H18ClNO3S. The van der Waals surface area contributed by atoms with Crippen molar-refractivity contribution in [3.05, 3.63) is 45.6 Å². The molecule has 21 heavy (non-hydrogen) atoms. The number of halogens is 1. The maximum atomic E-state index is 9.90. The zero-order chi connectivity index (χ0) is 15.1. The number of benzene rings is 1. The van der Waals surface area contributed by atoms with Crippen LogP contribution in [0, 0.1) is 0 Å². The Labute approximate surface area is 133 Å². The van der Waals surface area contributed by atoms with Gasteiger partial charge in [-0.2, -0.15) is 0 Å². The Hall–Kier alpha value is -1.27. The van der Waals surface area contributed by atoms with Crippen LogP contribution in [-0.4, -0.2) is 31.5 Å². The highest BCUT2D eigenvalue weighted by Gasteiger charge is 2.07. The molecule has 0 aliphatic heterocycles. The zero-order valence-electron chi connectivity index (χ0n) is 11.7. The van der Waals surface area contributed by atoms with Crippen molar-refractivity contribution in [3.63, 3.8) is 0 Å². The van der Waals surface area contributed by atoms with Gasteiger partial charge in [0.2, 0.25) is 0 Å². The molecule has 0 saturated carbocycles. The summed E-state index contributed by atoms with van der Waals surface area (Å²) >= 11 is 7.72. The van der Waals surface area contributed by atoms with Crippen LogP contribution in [0.15, 0.2) is 35.7 Å². The van der Waals surface area contributed by atoms with Crippen molar-refractivity contribution in [1.82, 2.24) is 0 Å². The van der Waals surface area contributed by atoms with Gasteiger partial charge in [0.1, 0.15) is 5.75 Å². The van der Waals surface area contributed by atoms with E-state index in [1.54, 1.807) is 36.6 Å². The molecular weight excluding hydrogens is 310 g/mol. The molecule has 2 N–H and O–H groups in total. The van der Waals surface area contributed by atoms with Crippen molar-refractivity contribution in [2.24, 2.45) is 0 Å². The van der Waals surface area contributed by atoms with E-state index in [-0.39, 0.29) is 6.61 Å². The van der Waals surface area contributed by atoms with Crippen LogP contribution in [-0.2, 0) is 11.3 Å². The van der Waals surface area contributed by atoms with Crippen LogP contribution >= 0.6 is 22.9 Å². The van der Waals surface area contributed by atoms with Gasteiger partial charge in [0.05, 0.1) is 37.1 Å². The second-order valence-corrected chi connectivity index (χ2v) is 5.91. The van der Waals surface area contributed by atoms with Crippen molar-refractivity contribution in [3.8, 4) is 5.75 Å². The van der Waals surface area contributed by atoms with Gasteiger partial charge >= 0.3 is 0 Å². The van der Waals surface area contributed by atoms with E-state index in [0.717, 1.165) is 10.6 Å². The number of methoxy groups -OCH3 is 1. The van der Waals surface area contributed by atoms with Crippen molar-refractivity contribution in [1.29, 1.82) is 0 Å². The van der Waals surface area contributed by atoms with E-state index in [9.17, 15) is 5.11 Å². The van der Waals surface area contributed by atoms with Gasteiger partial charge in [-0.3, -0.25) is 0 Å². The molecule has 0 aliphatic rings. The third-order valence-electron chi connectivity index (χ3n) is 2.84. The second kappa shape index (κ2) is 8.24. The Morgan fingerprint density at radius 2 is 2.24 bits per heavy atom. The predicted octanol–water partition coefficient (Wildman–Crippen LogP) is 3.40. The SMILES string of the molecule is COc1ccc(Cl)c(NCC(O)COCc2cccs2)c1. The maximum absolute atomic E-state index is 9.90. The van der Waals surface area contributed by atoms with E-state index in [4.69, 9.17) is 21.1 Å². The molecule has 1 atom stereocenters. The van der Waals surface area contributed by atoms with Crippen LogP contribution in [0.25, 0.3) is 0 Å². The summed E-state index contributed by atoms with van der Waals surface area (Å²) in [7, 11) is 1.60. The Kier molecular flexibility index (Phi) is 6.32. The summed E-state index contributed by atoms with van der Waals surface area (Å²) in [5, 5.41) is 15.6. The molecule has 0 radical (unpaired) electrons. The third kappa shape index (κ3) is 5.21. The minimum absolute atomic E-state index is 0.270. The second-order valence-electron chi connectivity index (χ2n) is 4.47. The molecule has 1 aromatic carbocycles. The molecule has 0 fully saturated rings. The molecule has 0 saturated heterocycles. The van der Waals surface area contributed by atoms with E-state index >= 15 is 0 Å². The number of thiophene rings is 1. The van der Waals surface area contributed by atoms with Crippen LogP contribution in [0.3, 0.4) is 0 Å². The first-order valence-corrected chi connectivity index (χ1v) is 7.80. The van der Waals surface area contributed by atoms with Crippen LogP contribution in [0.1, 0.15) is 4.88 Å². The largest absolute Gasteiger partial charge is 0.497 e. The van der Waals surface area contributed by atoms with Gasteiger partial charge in [-0.05, 0) is 23.6 Å². The van der Waals surface area contributed by atoms with Gasteiger partial charge in [0.15, 0.2) is 0 Å². The van der Waals surface area contributed by atoms with Crippen molar-refractivity contribution in [2.75, 3.05) is 25.6 Å². The van der Waals surface area contributed by atoms with Gasteiger partial charge in [-0.15, -0.1) is 11.3 Å². The summed E-state index contributed by atoms with van der Waals surface area (Å²) < 4.78 is 10.6. The minimum Gasteiger partial charge on any atom is -0.497 e. The molecule has 1 heterocycles. The molecule has 0 bridgehead atoms. The fourth-order valence-electron chi connectivity index (χ4n) is 1.74. The average molecular weight is 328 g/mol. The molecule has 1 aromatic heterocycles. The first kappa shape index (κ1) is 16.1. The van der Waals surface area contributed by atoms with Crippen molar-refractivity contribution >= 4 is 28.6 Å². The van der Waals surface area contributed by atoms with E-state index in [2.05, 4.69) is 5.32 Å². The van der Waals surface area contributed by atoms with E-state index < -0.39 is 6.10 Å². The first-order chi connectivity index (χ1) is 10.2. The van der Waals surface area contributed by atoms with Crippen LogP contribution in [0.5, 0.6) is 5.75 Å². The van der Waals surface area contributed by atoms with E-state index in [1.165, 1.54) is 0 Å². The fraction of sp³-hybridized carbons (Fsp3) is 0.333. The number of hydrogen-bond acceptors (Lipinski definition) is 5. The summed E-state index contributed by atoms with van der Waals surface area (Å²) in [6, 6.07) is 9.31. The Morgan fingerprint density at radius 1 is 1.38 bits per heavy atom. The van der Waals surface area contributed by atoms with E-state index in [1.807, 2.05) is 17.5 Å². The summed E-state index contributed by atoms with van der Waals surface area (Å²) in [6.45, 7) is 1.15. The Bertz CT molecular complexity index is 548. The number of hydrogen-bond donors (Lipinski definition) is 2. The summed E-state index contributed by atoms with van der Waals surface area (Å²) in [6.07, 6.45) is -0.604. The molecule has 0 spiro atoms. The van der Waals surface area contributed by atoms with Crippen LogP contribution < -0.4 is 10.1 Å². The lowest BCUT2D eigenvalue weighted by Crippen LogP contribution is -2.24. The highest BCUT2D eigenvalue weighted by Crippen LogP contribution is 2.26. The smallest absolute Gasteiger partial charge is 0.121 e. The summed E-state index contributed by atoms with van der Waals surface area (Å²) in [5.41, 5.74) is 0.730. The monoisotopic (exact) mass is 327 g/mol. The van der Waals surface area contributed by atoms with Gasteiger partial charge in [0, 0.05) is 17.5 Å². The van der Waals surface area contributed by atoms with Crippen molar-refractivity contribution in [2.45, 2.75) is 12.7 Å². The van der Waals surface area contributed by atoms with Crippen LogP contribution in [0.2, 0.25) is 5.02 Å². The molecule has 2 rings (SSSR count). The number of aliphatic hydroxyl groups is 1. The summed E-state index contributed by atoms with van der Waals surface area (Å²) in [5.74, 6) is 0.713. The van der Waals surface area contributed by atoms with Gasteiger partial charge < -0.3 is 19.9 Å². The number of anilines is 1. The highest BCUT2D eigenvalue weighted by atomic mass is 35.5. The topological polar surface area (TPSA) is 50.7 Å². The zero-order valence-corrected chi connectivity index (χ0v) is 13.3. The number of ether oxygens (including phenoxy) is 2. The standard InChI is InChI=1S/C15H18ClNO3S/c1-19-12-4-5-14(16)15(7-12)17-8-11(18)9-20-10-13-3-2-6-21-13/h2-7,11,17-18H,8-10H2,1H3. The average Bonchev–Trinajstić information content (AvgIpc) is 3.00. The third-order valence-corrected chi connectivity index (χ3v) is 4.02. The molecule has 114 valence electrons. The first-order valence-electron chi connectivity index (χ1n) is 6.54. The fourth-order valence-corrected chi connectivity index (χ4v) is 2.57. The van der Waals surface area contributed by atoms with Gasteiger partial charge in [-0.1, -0.05) is 17.7 Å². The lowest BCUT2D eigenvalue weighted by molar-refractivity contribution is 0.0359. The summed E-state index contributed by atoms with van der Waals surface area (Å²) in [4.78, 5) is 1.14. The quantitative estimate of drug-likeness (QED) is 0.780.